The third kappa shape index (κ3) is 18.4. The summed E-state index contributed by atoms with van der Waals surface area (Å²) in [6, 6.07) is 90.2. The monoisotopic (exact) mass is 1970 g/mol. The van der Waals surface area contributed by atoms with Crippen LogP contribution in [0.5, 0.6) is 46.0 Å². The van der Waals surface area contributed by atoms with Crippen LogP contribution in [-0.4, -0.2) is 113 Å². The second-order valence-electron chi connectivity index (χ2n) is 27.1. The first-order valence-electron chi connectivity index (χ1n) is 37.3. The Kier molecular flexibility index (Phi) is 31.9. The predicted octanol–water partition coefficient (Wildman–Crippen LogP) is 19.8. The summed E-state index contributed by atoms with van der Waals surface area (Å²) in [4.78, 5) is 0. The minimum atomic E-state index is -0.0914. The van der Waals surface area contributed by atoms with E-state index in [1.807, 2.05) is 210 Å². The van der Waals surface area contributed by atoms with Gasteiger partial charge in [-0.1, -0.05) is 227 Å². The average molecular weight is 1970 g/mol. The first-order valence-corrected chi connectivity index (χ1v) is 40.0. The van der Waals surface area contributed by atoms with Crippen LogP contribution < -0.4 is 40.9 Å². The number of rotatable bonds is 3. The van der Waals surface area contributed by atoms with E-state index >= 15 is 0 Å². The summed E-state index contributed by atoms with van der Waals surface area (Å²) in [6.07, 6.45) is 6.32. The van der Waals surface area contributed by atoms with E-state index in [2.05, 4.69) is 23.4 Å². The van der Waals surface area contributed by atoms with Crippen molar-refractivity contribution in [3.8, 4) is 63.1 Å². The molecule has 0 fully saturated rings. The Balaban J connectivity index is 0.000000141. The molecule has 0 atom stereocenters. The van der Waals surface area contributed by atoms with Crippen molar-refractivity contribution in [2.75, 3.05) is 0 Å². The van der Waals surface area contributed by atoms with E-state index in [0.717, 1.165) is 103 Å². The molecule has 0 spiro atoms. The fourth-order valence-electron chi connectivity index (χ4n) is 14.8. The number of para-hydroxylation sites is 5. The Morgan fingerprint density at radius 3 is 0.938 bits per heavy atom. The number of hydrogen-bond donors (Lipinski definition) is 0. The van der Waals surface area contributed by atoms with Crippen LogP contribution in [0.1, 0.15) is 0 Å². The molecule has 0 saturated carbocycles. The molecule has 586 valence electrons. The van der Waals surface area contributed by atoms with Crippen molar-refractivity contribution < 1.29 is 115 Å². The Morgan fingerprint density at radius 2 is 0.562 bits per heavy atom. The molecular formula is C97H56Al2Be2Ga2N4O16S3Zn2+12. The molecule has 0 N–H and O–H groups in total. The van der Waals surface area contributed by atoms with Crippen LogP contribution in [0.15, 0.2) is 374 Å². The van der Waals surface area contributed by atoms with Gasteiger partial charge in [0.1, 0.15) is 56.4 Å². The van der Waals surface area contributed by atoms with Gasteiger partial charge in [0, 0.05) is 83.7 Å². The van der Waals surface area contributed by atoms with Crippen molar-refractivity contribution >= 4 is 291 Å². The zero-order chi connectivity index (χ0) is 81.5. The number of thiophene rings is 3. The second kappa shape index (κ2) is 42.3. The van der Waals surface area contributed by atoms with E-state index in [4.69, 9.17) is 30.9 Å². The maximum absolute atomic E-state index is 12.1. The molecule has 12 aromatic carbocycles. The molecule has 0 saturated heterocycles. The molecule has 20 nitrogen and oxygen atoms in total. The minimum Gasteiger partial charge on any atom is -0.872 e. The van der Waals surface area contributed by atoms with Gasteiger partial charge in [-0.3, -0.25) is 0 Å². The van der Waals surface area contributed by atoms with Gasteiger partial charge < -0.3 is 90.0 Å². The normalized spacial score (nSPS) is 10.6. The van der Waals surface area contributed by atoms with Gasteiger partial charge in [-0.25, -0.2) is 0 Å². The fraction of sp³-hybridized carbons (Fsp3) is 0. The van der Waals surface area contributed by atoms with E-state index in [1.54, 1.807) is 144 Å². The number of fused-ring (bicyclic) bond motifs is 22. The van der Waals surface area contributed by atoms with Gasteiger partial charge in [-0.2, -0.15) is 0 Å². The smallest absolute Gasteiger partial charge is 0.872 e. The summed E-state index contributed by atoms with van der Waals surface area (Å²) < 4.78 is 52.0. The molecule has 31 heteroatoms. The largest absolute Gasteiger partial charge is 3.00 e. The molecule has 14 aromatic heterocycles. The van der Waals surface area contributed by atoms with Gasteiger partial charge in [0.15, 0.2) is 16.7 Å². The zero-order valence-electron chi connectivity index (χ0n) is 67.5. The van der Waals surface area contributed by atoms with Crippen molar-refractivity contribution in [2.45, 2.75) is 0 Å². The number of aromatic nitrogens is 4. The van der Waals surface area contributed by atoms with Crippen molar-refractivity contribution in [2.24, 2.45) is 0 Å². The summed E-state index contributed by atoms with van der Waals surface area (Å²) >= 11 is 4.63. The Morgan fingerprint density at radius 1 is 0.258 bits per heavy atom. The second-order valence-corrected chi connectivity index (χ2v) is 29.9. The fourth-order valence-corrected chi connectivity index (χ4v) is 17.5. The molecule has 0 aliphatic rings. The van der Waals surface area contributed by atoms with Gasteiger partial charge in [-0.15, -0.1) is 34.0 Å². The van der Waals surface area contributed by atoms with Crippen LogP contribution in [0.4, 0.5) is 0 Å². The van der Waals surface area contributed by atoms with Crippen LogP contribution in [0.3, 0.4) is 0 Å². The maximum Gasteiger partial charge on any atom is 3.00 e. The molecule has 0 radical (unpaired) electrons. The first kappa shape index (κ1) is 96.6. The summed E-state index contributed by atoms with van der Waals surface area (Å²) in [5.74, 6) is -0.0487. The Bertz CT molecular complexity index is 7590. The van der Waals surface area contributed by atoms with Gasteiger partial charge >= 0.3 is 134 Å². The molecule has 0 aliphatic carbocycles. The van der Waals surface area contributed by atoms with Crippen LogP contribution in [0.25, 0.3) is 180 Å². The van der Waals surface area contributed by atoms with Crippen molar-refractivity contribution in [3.05, 3.63) is 338 Å². The van der Waals surface area contributed by atoms with E-state index in [-0.39, 0.29) is 179 Å². The van der Waals surface area contributed by atoms with Crippen LogP contribution >= 0.6 is 34.0 Å². The number of furan rings is 7. The van der Waals surface area contributed by atoms with Gasteiger partial charge in [0.25, 0.3) is 0 Å². The summed E-state index contributed by atoms with van der Waals surface area (Å²) in [7, 11) is 0. The summed E-state index contributed by atoms with van der Waals surface area (Å²) in [6.45, 7) is 0. The molecule has 14 heterocycles. The standard InChI is InChI=1S/3C16H11NO2.C12H8O2.3C10H6O2S.C7H5NO2.2Al.2Be.2Ga.2Zn/c3*18-14-8-4-7-12-15(14)16-13(9-10-19-16)17(12)11-5-2-1-3-6-11;13-10-6-3-5-9-8-4-1-2-7-11(8)14-12(9)10;3*11-6-2-1-3-7-9(6)10-8(12-7)4-5-13-10;9-6-3-1-2-5-4-10-8-7(5)6;;;;;;;;/h3*1-10,18H;1-7,13H;3*1-5,11H;1-4,9H;;;;;;;;/q;;;;;;;;2*+3;2*+2;2*+3;2*+2/p-8. The predicted molar refractivity (Wildman–Crippen MR) is 492 cm³/mol. The quantitative estimate of drug-likeness (QED) is 0.148. The van der Waals surface area contributed by atoms with E-state index in [1.165, 1.54) is 18.4 Å². The van der Waals surface area contributed by atoms with Crippen molar-refractivity contribution in [1.82, 2.24) is 18.9 Å². The Labute approximate surface area is 818 Å². The third-order valence-corrected chi connectivity index (χ3v) is 22.8. The molecule has 128 heavy (non-hydrogen) atoms. The van der Waals surface area contributed by atoms with Crippen molar-refractivity contribution in [3.63, 3.8) is 0 Å². The molecule has 0 aliphatic heterocycles. The van der Waals surface area contributed by atoms with Crippen LogP contribution in [0.2, 0.25) is 0 Å². The number of nitrogens with zero attached hydrogens (tertiary/aromatic N) is 4. The number of benzene rings is 12. The van der Waals surface area contributed by atoms with Gasteiger partial charge in [0.05, 0.1) is 66.0 Å². The van der Waals surface area contributed by atoms with Crippen molar-refractivity contribution in [1.29, 1.82) is 0 Å². The SMILES string of the molecule is [Al+3].[Al+3].[Be+2].[Be+2].[Ga+3].[Ga+3].[O-]c1cccc2c1c1occc1n2-c1ccccc1.[O-]c1cccc2c1c1occc1n2-c1ccccc1.[O-]c1cccc2c1c1occc1n2-c1ccccc1.[O-]c1cccc2c1oc1ccccc12.[O-]c1cccc2conc12.[O-]c1cccc2oc3ccsc3c12.[O-]c1cccc2oc3ccsc3c12.[O-]c1cccc2oc3ccsc3c12.[Zn+2].[Zn+2]. The van der Waals surface area contributed by atoms with E-state index in [9.17, 15) is 40.9 Å². The van der Waals surface area contributed by atoms with E-state index < -0.39 is 0 Å². The molecule has 26 aromatic rings. The molecule has 26 rings (SSSR count). The third-order valence-electron chi connectivity index (χ3n) is 20.0. The first-order chi connectivity index (χ1) is 58.9. The molecule has 0 unspecified atom stereocenters. The molecule has 0 amide bonds. The topological polar surface area (TPSA) is 317 Å². The summed E-state index contributed by atoms with van der Waals surface area (Å²) in [5.41, 5.74) is 16.6. The van der Waals surface area contributed by atoms with E-state index in [0.29, 0.717) is 76.9 Å². The Hall–Kier alpha value is -12.0. The zero-order valence-corrected chi connectivity index (χ0v) is 83.1. The molecule has 0 bridgehead atoms. The van der Waals surface area contributed by atoms with Crippen LogP contribution in [0, 0.1) is 0 Å². The number of hydrogen-bond acceptors (Lipinski definition) is 20. The minimum absolute atomic E-state index is 0. The van der Waals surface area contributed by atoms with Gasteiger partial charge in [-0.05, 0) is 119 Å². The van der Waals surface area contributed by atoms with Crippen LogP contribution in [-0.2, 0) is 39.0 Å². The van der Waals surface area contributed by atoms with Gasteiger partial charge in [0.2, 0.25) is 0 Å². The summed E-state index contributed by atoms with van der Waals surface area (Å²) in [5, 5.41) is 109. The molecular weight excluding hydrogens is 1920 g/mol. The maximum atomic E-state index is 12.1. The average Bonchev–Trinajstić information content (AvgIpc) is 1.58.